The average molecular weight is 349 g/mol. The minimum absolute atomic E-state index is 0.246. The molecule has 2 N–H and O–H groups in total. The highest BCUT2D eigenvalue weighted by atomic mass is 16.5. The molecule has 1 heterocycles. The highest BCUT2D eigenvalue weighted by Gasteiger charge is 2.16. The number of esters is 1. The fourth-order valence-electron chi connectivity index (χ4n) is 2.65. The molecule has 0 spiro atoms. The standard InChI is InChI=1S/C18H27N3O4/c1-4-19-18(21-12-14-6-5-9-25-14)20-11-13-7-8-16(23-2)15(10-13)17(22)24-3/h7-8,10,14H,4-6,9,11-12H2,1-3H3,(H2,19,20,21). The Morgan fingerprint density at radius 2 is 2.20 bits per heavy atom. The zero-order chi connectivity index (χ0) is 18.1. The summed E-state index contributed by atoms with van der Waals surface area (Å²) in [6.07, 6.45) is 2.44. The van der Waals surface area contributed by atoms with E-state index in [4.69, 9.17) is 14.2 Å². The van der Waals surface area contributed by atoms with Gasteiger partial charge >= 0.3 is 5.97 Å². The quantitative estimate of drug-likeness (QED) is 0.443. The van der Waals surface area contributed by atoms with Crippen LogP contribution in [-0.2, 0) is 16.0 Å². The lowest BCUT2D eigenvalue weighted by atomic mass is 10.1. The molecule has 0 bridgehead atoms. The van der Waals surface area contributed by atoms with Crippen LogP contribution in [0.4, 0.5) is 0 Å². The number of rotatable bonds is 7. The molecule has 0 aliphatic carbocycles. The fourth-order valence-corrected chi connectivity index (χ4v) is 2.65. The highest BCUT2D eigenvalue weighted by Crippen LogP contribution is 2.21. The molecule has 1 aromatic carbocycles. The van der Waals surface area contributed by atoms with Gasteiger partial charge in [-0.15, -0.1) is 0 Å². The van der Waals surface area contributed by atoms with Crippen LogP contribution in [0, 0.1) is 0 Å². The highest BCUT2D eigenvalue weighted by molar-refractivity contribution is 5.92. The summed E-state index contributed by atoms with van der Waals surface area (Å²) in [6, 6.07) is 5.39. The Balaban J connectivity index is 2.03. The van der Waals surface area contributed by atoms with Crippen molar-refractivity contribution in [3.8, 4) is 5.75 Å². The minimum atomic E-state index is -0.425. The third-order valence-corrected chi connectivity index (χ3v) is 3.95. The zero-order valence-electron chi connectivity index (χ0n) is 15.1. The lowest BCUT2D eigenvalue weighted by Crippen LogP contribution is -2.41. The molecule has 1 fully saturated rings. The van der Waals surface area contributed by atoms with Gasteiger partial charge in [0, 0.05) is 19.7 Å². The van der Waals surface area contributed by atoms with Crippen LogP contribution in [0.1, 0.15) is 35.7 Å². The van der Waals surface area contributed by atoms with E-state index < -0.39 is 5.97 Å². The van der Waals surface area contributed by atoms with Gasteiger partial charge in [-0.2, -0.15) is 0 Å². The molecular weight excluding hydrogens is 322 g/mol. The number of methoxy groups -OCH3 is 2. The number of aliphatic imine (C=N–C) groups is 1. The molecule has 1 atom stereocenters. The Labute approximate surface area is 148 Å². The summed E-state index contributed by atoms with van der Waals surface area (Å²) in [4.78, 5) is 16.4. The van der Waals surface area contributed by atoms with Crippen LogP contribution in [0.5, 0.6) is 5.75 Å². The molecule has 1 saturated heterocycles. The van der Waals surface area contributed by atoms with Gasteiger partial charge in [0.15, 0.2) is 5.96 Å². The maximum atomic E-state index is 11.9. The number of ether oxygens (including phenoxy) is 3. The summed E-state index contributed by atoms with van der Waals surface area (Å²) < 4.78 is 15.6. The number of carbonyl (C=O) groups is 1. The van der Waals surface area contributed by atoms with Crippen molar-refractivity contribution in [1.82, 2.24) is 10.6 Å². The maximum Gasteiger partial charge on any atom is 0.341 e. The number of hydrogen-bond donors (Lipinski definition) is 2. The second-order valence-electron chi connectivity index (χ2n) is 5.74. The predicted molar refractivity (Wildman–Crippen MR) is 96.1 cm³/mol. The Morgan fingerprint density at radius 1 is 1.36 bits per heavy atom. The Morgan fingerprint density at radius 3 is 2.84 bits per heavy atom. The Kier molecular flexibility index (Phi) is 7.53. The molecule has 0 saturated carbocycles. The fraction of sp³-hybridized carbons (Fsp3) is 0.556. The largest absolute Gasteiger partial charge is 0.496 e. The van der Waals surface area contributed by atoms with Crippen LogP contribution >= 0.6 is 0 Å². The number of carbonyl (C=O) groups excluding carboxylic acids is 1. The molecule has 1 aromatic rings. The molecule has 0 amide bonds. The van der Waals surface area contributed by atoms with Gasteiger partial charge in [0.1, 0.15) is 11.3 Å². The van der Waals surface area contributed by atoms with E-state index in [-0.39, 0.29) is 6.10 Å². The number of benzene rings is 1. The van der Waals surface area contributed by atoms with Crippen molar-refractivity contribution in [2.75, 3.05) is 33.9 Å². The van der Waals surface area contributed by atoms with E-state index in [0.29, 0.717) is 17.9 Å². The van der Waals surface area contributed by atoms with Gasteiger partial charge in [-0.3, -0.25) is 0 Å². The molecule has 1 aliphatic rings. The average Bonchev–Trinajstić information content (AvgIpc) is 3.16. The summed E-state index contributed by atoms with van der Waals surface area (Å²) >= 11 is 0. The number of nitrogens with zero attached hydrogens (tertiary/aromatic N) is 1. The van der Waals surface area contributed by atoms with Crippen molar-refractivity contribution in [2.24, 2.45) is 4.99 Å². The van der Waals surface area contributed by atoms with Crippen LogP contribution in [0.15, 0.2) is 23.2 Å². The van der Waals surface area contributed by atoms with Crippen LogP contribution in [0.25, 0.3) is 0 Å². The lowest BCUT2D eigenvalue weighted by molar-refractivity contribution is 0.0597. The van der Waals surface area contributed by atoms with Gasteiger partial charge in [-0.25, -0.2) is 9.79 Å². The third kappa shape index (κ3) is 5.63. The second-order valence-corrected chi connectivity index (χ2v) is 5.74. The topological polar surface area (TPSA) is 81.2 Å². The molecule has 7 nitrogen and oxygen atoms in total. The summed E-state index contributed by atoms with van der Waals surface area (Å²) in [5, 5.41) is 6.52. The molecule has 25 heavy (non-hydrogen) atoms. The Hall–Kier alpha value is -2.28. The van der Waals surface area contributed by atoms with E-state index in [1.807, 2.05) is 13.0 Å². The Bertz CT molecular complexity index is 598. The van der Waals surface area contributed by atoms with Crippen molar-refractivity contribution in [1.29, 1.82) is 0 Å². The lowest BCUT2D eigenvalue weighted by Gasteiger charge is -2.15. The summed E-state index contributed by atoms with van der Waals surface area (Å²) in [5.74, 6) is 0.794. The van der Waals surface area contributed by atoms with Gasteiger partial charge in [0.25, 0.3) is 0 Å². The van der Waals surface area contributed by atoms with E-state index in [1.54, 1.807) is 12.1 Å². The van der Waals surface area contributed by atoms with Gasteiger partial charge in [-0.1, -0.05) is 6.07 Å². The molecule has 138 valence electrons. The zero-order valence-corrected chi connectivity index (χ0v) is 15.1. The second kappa shape index (κ2) is 9.88. The van der Waals surface area contributed by atoms with Gasteiger partial charge < -0.3 is 24.8 Å². The molecule has 2 rings (SSSR count). The predicted octanol–water partition coefficient (Wildman–Crippen LogP) is 1.72. The maximum absolute atomic E-state index is 11.9. The van der Waals surface area contributed by atoms with Gasteiger partial charge in [-0.05, 0) is 37.5 Å². The third-order valence-electron chi connectivity index (χ3n) is 3.95. The minimum Gasteiger partial charge on any atom is -0.496 e. The van der Waals surface area contributed by atoms with E-state index >= 15 is 0 Å². The van der Waals surface area contributed by atoms with Crippen molar-refractivity contribution in [3.63, 3.8) is 0 Å². The van der Waals surface area contributed by atoms with E-state index in [2.05, 4.69) is 15.6 Å². The summed E-state index contributed by atoms with van der Waals surface area (Å²) in [7, 11) is 2.88. The van der Waals surface area contributed by atoms with Crippen LogP contribution in [0.2, 0.25) is 0 Å². The van der Waals surface area contributed by atoms with E-state index in [9.17, 15) is 4.79 Å². The monoisotopic (exact) mass is 349 g/mol. The molecule has 7 heteroatoms. The number of guanidine groups is 1. The van der Waals surface area contributed by atoms with Crippen LogP contribution in [0.3, 0.4) is 0 Å². The first-order chi connectivity index (χ1) is 12.2. The summed E-state index contributed by atoms with van der Waals surface area (Å²) in [6.45, 7) is 4.80. The molecular formula is C18H27N3O4. The number of nitrogens with one attached hydrogen (secondary N) is 2. The van der Waals surface area contributed by atoms with Gasteiger partial charge in [0.2, 0.25) is 0 Å². The van der Waals surface area contributed by atoms with E-state index in [1.165, 1.54) is 14.2 Å². The van der Waals surface area contributed by atoms with E-state index in [0.717, 1.165) is 44.1 Å². The van der Waals surface area contributed by atoms with Crippen molar-refractivity contribution >= 4 is 11.9 Å². The van der Waals surface area contributed by atoms with Crippen molar-refractivity contribution in [2.45, 2.75) is 32.4 Å². The summed E-state index contributed by atoms with van der Waals surface area (Å²) in [5.41, 5.74) is 1.30. The number of hydrogen-bond acceptors (Lipinski definition) is 5. The van der Waals surface area contributed by atoms with Crippen molar-refractivity contribution < 1.29 is 19.0 Å². The van der Waals surface area contributed by atoms with Crippen LogP contribution < -0.4 is 15.4 Å². The first-order valence-corrected chi connectivity index (χ1v) is 8.57. The normalized spacial score (nSPS) is 17.2. The van der Waals surface area contributed by atoms with Crippen LogP contribution in [-0.4, -0.2) is 51.9 Å². The first kappa shape index (κ1) is 19.1. The molecule has 0 radical (unpaired) electrons. The molecule has 0 aromatic heterocycles. The van der Waals surface area contributed by atoms with Gasteiger partial charge in [0.05, 0.1) is 26.9 Å². The molecule has 1 aliphatic heterocycles. The first-order valence-electron chi connectivity index (χ1n) is 8.57. The molecule has 1 unspecified atom stereocenters. The smallest absolute Gasteiger partial charge is 0.341 e. The SMILES string of the molecule is CCNC(=NCc1ccc(OC)c(C(=O)OC)c1)NCC1CCCO1. The van der Waals surface area contributed by atoms with Crippen molar-refractivity contribution in [3.05, 3.63) is 29.3 Å².